The number of rotatable bonds is 11. The van der Waals surface area contributed by atoms with Gasteiger partial charge in [0.05, 0.1) is 18.7 Å². The largest absolute Gasteiger partial charge is 0.489 e. The lowest BCUT2D eigenvalue weighted by Gasteiger charge is -2.23. The van der Waals surface area contributed by atoms with Crippen molar-refractivity contribution in [1.29, 1.82) is 0 Å². The minimum Gasteiger partial charge on any atom is -0.489 e. The third-order valence-corrected chi connectivity index (χ3v) is 8.02. The maximum Gasteiger partial charge on any atom is 0.408 e. The fourth-order valence-electron chi connectivity index (χ4n) is 5.44. The number of hydrogen-bond donors (Lipinski definition) is 1. The van der Waals surface area contributed by atoms with Crippen molar-refractivity contribution >= 4 is 12.1 Å². The first-order valence-corrected chi connectivity index (χ1v) is 15.6. The molecule has 2 aliphatic rings. The van der Waals surface area contributed by atoms with E-state index >= 15 is 0 Å². The van der Waals surface area contributed by atoms with Crippen molar-refractivity contribution in [2.45, 2.75) is 83.6 Å². The van der Waals surface area contributed by atoms with Gasteiger partial charge in [-0.2, -0.15) is 5.10 Å². The maximum absolute atomic E-state index is 13.6. The van der Waals surface area contributed by atoms with E-state index in [-0.39, 0.29) is 6.61 Å². The van der Waals surface area contributed by atoms with E-state index in [4.69, 9.17) is 19.3 Å². The van der Waals surface area contributed by atoms with Crippen molar-refractivity contribution < 1.29 is 23.8 Å². The molecule has 0 saturated heterocycles. The van der Waals surface area contributed by atoms with E-state index in [2.05, 4.69) is 34.6 Å². The van der Waals surface area contributed by atoms with Crippen LogP contribution in [-0.4, -0.2) is 44.6 Å². The number of carbonyl (C=O) groups is 2. The first-order valence-electron chi connectivity index (χ1n) is 15.6. The molecule has 2 aromatic heterocycles. The third-order valence-electron chi connectivity index (χ3n) is 8.02. The van der Waals surface area contributed by atoms with Crippen LogP contribution >= 0.6 is 0 Å². The highest BCUT2D eigenvalue weighted by Gasteiger charge is 2.47. The lowest BCUT2D eigenvalue weighted by atomic mass is 9.99. The van der Waals surface area contributed by atoms with Crippen LogP contribution in [0.3, 0.4) is 0 Å². The first kappa shape index (κ1) is 30.4. The summed E-state index contributed by atoms with van der Waals surface area (Å²) in [6.07, 6.45) is 6.95. The Labute approximate surface area is 263 Å². The molecule has 6 rings (SSSR count). The number of nitrogens with zero attached hydrogens (tertiary/aromatic N) is 3. The third kappa shape index (κ3) is 7.36. The topological polar surface area (TPSA) is 105 Å². The van der Waals surface area contributed by atoms with Gasteiger partial charge in [-0.25, -0.2) is 9.59 Å². The predicted molar refractivity (Wildman–Crippen MR) is 171 cm³/mol. The average Bonchev–Trinajstić information content (AvgIpc) is 3.95. The molecule has 0 unspecified atom stereocenters. The quantitative estimate of drug-likeness (QED) is 0.178. The van der Waals surface area contributed by atoms with Crippen molar-refractivity contribution in [3.8, 4) is 28.1 Å². The Kier molecular flexibility index (Phi) is 8.36. The minimum atomic E-state index is -0.625. The molecule has 2 aromatic carbocycles. The van der Waals surface area contributed by atoms with Crippen LogP contribution in [0.4, 0.5) is 4.79 Å². The number of aromatic nitrogens is 3. The van der Waals surface area contributed by atoms with Crippen LogP contribution < -0.4 is 10.1 Å². The molecule has 0 bridgehead atoms. The zero-order valence-corrected chi connectivity index (χ0v) is 26.3. The number of ether oxygens (including phenoxy) is 3. The SMILES string of the molecule is CCOC(=O)c1c(-c2ccc(OCc3ccc(C4CC4)cc3)cc2)c(-c2ccncc2)nn1CC1(NC(=O)OC(C)(C)C)CC1. The molecule has 1 amide bonds. The Hall–Kier alpha value is -4.66. The Morgan fingerprint density at radius 1 is 0.956 bits per heavy atom. The molecular weight excluding hydrogens is 568 g/mol. The van der Waals surface area contributed by atoms with Gasteiger partial charge in [-0.15, -0.1) is 0 Å². The number of pyridine rings is 1. The number of alkyl carbamates (subject to hydrolysis) is 1. The van der Waals surface area contributed by atoms with Crippen LogP contribution in [-0.2, 0) is 22.6 Å². The van der Waals surface area contributed by atoms with Crippen LogP contribution in [0.15, 0.2) is 73.1 Å². The van der Waals surface area contributed by atoms with Crippen molar-refractivity contribution in [3.05, 3.63) is 89.9 Å². The second kappa shape index (κ2) is 12.4. The molecule has 45 heavy (non-hydrogen) atoms. The number of benzene rings is 2. The first-order chi connectivity index (χ1) is 21.6. The van der Waals surface area contributed by atoms with Crippen LogP contribution in [0.25, 0.3) is 22.4 Å². The zero-order valence-electron chi connectivity index (χ0n) is 26.3. The van der Waals surface area contributed by atoms with E-state index < -0.39 is 23.2 Å². The Morgan fingerprint density at radius 3 is 2.24 bits per heavy atom. The molecule has 0 aliphatic heterocycles. The molecule has 2 saturated carbocycles. The molecule has 0 spiro atoms. The molecule has 0 atom stereocenters. The van der Waals surface area contributed by atoms with Crippen molar-refractivity contribution in [2.75, 3.05) is 6.61 Å². The van der Waals surface area contributed by atoms with Gasteiger partial charge in [-0.1, -0.05) is 36.4 Å². The predicted octanol–water partition coefficient (Wildman–Crippen LogP) is 7.30. The van der Waals surface area contributed by atoms with Gasteiger partial charge < -0.3 is 19.5 Å². The number of esters is 1. The molecule has 2 aliphatic carbocycles. The van der Waals surface area contributed by atoms with Crippen molar-refractivity contribution in [3.63, 3.8) is 0 Å². The molecule has 2 heterocycles. The number of hydrogen-bond acceptors (Lipinski definition) is 7. The lowest BCUT2D eigenvalue weighted by molar-refractivity contribution is 0.0488. The summed E-state index contributed by atoms with van der Waals surface area (Å²) in [6, 6.07) is 20.1. The van der Waals surface area contributed by atoms with E-state index in [1.165, 1.54) is 18.4 Å². The summed E-state index contributed by atoms with van der Waals surface area (Å²) >= 11 is 0. The summed E-state index contributed by atoms with van der Waals surface area (Å²) in [5.74, 6) is 0.965. The molecule has 4 aromatic rings. The highest BCUT2D eigenvalue weighted by molar-refractivity contribution is 6.00. The summed E-state index contributed by atoms with van der Waals surface area (Å²) in [6.45, 7) is 8.23. The van der Waals surface area contributed by atoms with Crippen LogP contribution in [0, 0.1) is 0 Å². The van der Waals surface area contributed by atoms with E-state index in [9.17, 15) is 9.59 Å². The summed E-state index contributed by atoms with van der Waals surface area (Å²) in [5, 5.41) is 7.98. The minimum absolute atomic E-state index is 0.212. The number of nitrogens with one attached hydrogen (secondary N) is 1. The highest BCUT2D eigenvalue weighted by atomic mass is 16.6. The number of carbonyl (C=O) groups excluding carboxylic acids is 2. The van der Waals surface area contributed by atoms with Crippen LogP contribution in [0.5, 0.6) is 5.75 Å². The van der Waals surface area contributed by atoms with Crippen LogP contribution in [0.2, 0.25) is 0 Å². The van der Waals surface area contributed by atoms with Gasteiger partial charge in [-0.3, -0.25) is 9.67 Å². The lowest BCUT2D eigenvalue weighted by Crippen LogP contribution is -2.43. The van der Waals surface area contributed by atoms with Gasteiger partial charge in [0.2, 0.25) is 0 Å². The Bertz CT molecular complexity index is 1650. The Balaban J connectivity index is 1.30. The van der Waals surface area contributed by atoms with E-state index in [0.29, 0.717) is 30.1 Å². The van der Waals surface area contributed by atoms with Gasteiger partial charge >= 0.3 is 12.1 Å². The van der Waals surface area contributed by atoms with Crippen molar-refractivity contribution in [2.24, 2.45) is 0 Å². The normalized spacial score (nSPS) is 15.3. The summed E-state index contributed by atoms with van der Waals surface area (Å²) < 4.78 is 18.9. The summed E-state index contributed by atoms with van der Waals surface area (Å²) in [4.78, 5) is 30.4. The molecule has 1 N–H and O–H groups in total. The molecule has 9 nitrogen and oxygen atoms in total. The fourth-order valence-corrected chi connectivity index (χ4v) is 5.44. The van der Waals surface area contributed by atoms with Gasteiger partial charge in [0.15, 0.2) is 5.69 Å². The van der Waals surface area contributed by atoms with Gasteiger partial charge in [0, 0.05) is 23.5 Å². The molecule has 0 radical (unpaired) electrons. The highest BCUT2D eigenvalue weighted by Crippen LogP contribution is 2.42. The van der Waals surface area contributed by atoms with Crippen LogP contribution in [0.1, 0.15) is 80.9 Å². The van der Waals surface area contributed by atoms with Gasteiger partial charge in [-0.05, 0) is 100 Å². The molecule has 234 valence electrons. The molecule has 2 fully saturated rings. The van der Waals surface area contributed by atoms with E-state index in [1.807, 2.05) is 57.2 Å². The fraction of sp³-hybridized carbons (Fsp3) is 0.389. The monoisotopic (exact) mass is 608 g/mol. The van der Waals surface area contributed by atoms with Crippen molar-refractivity contribution in [1.82, 2.24) is 20.1 Å². The van der Waals surface area contributed by atoms with Gasteiger partial charge in [0.1, 0.15) is 23.7 Å². The second-order valence-electron chi connectivity index (χ2n) is 12.9. The van der Waals surface area contributed by atoms with E-state index in [1.54, 1.807) is 24.0 Å². The molecule has 9 heteroatoms. The number of amides is 1. The summed E-state index contributed by atoms with van der Waals surface area (Å²) in [7, 11) is 0. The second-order valence-corrected chi connectivity index (χ2v) is 12.9. The van der Waals surface area contributed by atoms with E-state index in [0.717, 1.165) is 41.2 Å². The summed E-state index contributed by atoms with van der Waals surface area (Å²) in [5.41, 5.74) is 4.52. The smallest absolute Gasteiger partial charge is 0.408 e. The standard InChI is InChI=1S/C36H40N4O5/c1-5-43-33(41)32-30(27-12-14-29(15-13-27)44-22-24-6-8-25(9-7-24)26-10-11-26)31(28-16-20-37-21-17-28)39-40(32)23-36(18-19-36)38-34(42)45-35(2,3)4/h6-9,12-17,20-21,26H,5,10-11,18-19,22-23H2,1-4H3,(H,38,42). The molecular formula is C36H40N4O5. The Morgan fingerprint density at radius 2 is 1.64 bits per heavy atom. The maximum atomic E-state index is 13.6. The average molecular weight is 609 g/mol. The van der Waals surface area contributed by atoms with Gasteiger partial charge in [0.25, 0.3) is 0 Å². The zero-order chi connectivity index (χ0) is 31.6.